The van der Waals surface area contributed by atoms with Crippen LogP contribution < -0.4 is 11.1 Å². The lowest BCUT2D eigenvalue weighted by Crippen LogP contribution is -2.39. The predicted octanol–water partition coefficient (Wildman–Crippen LogP) is 2.29. The number of nitrogens with one attached hydrogen (secondary N) is 1. The van der Waals surface area contributed by atoms with Crippen molar-refractivity contribution in [2.45, 2.75) is 50.1 Å². The number of nitrogens with two attached hydrogens (primary N) is 1. The summed E-state index contributed by atoms with van der Waals surface area (Å²) in [5.41, 5.74) is 6.75. The Morgan fingerprint density at radius 3 is 2.56 bits per heavy atom. The molecule has 3 N–H and O–H groups in total. The molecule has 140 valence electrons. The lowest BCUT2D eigenvalue weighted by Gasteiger charge is -2.30. The van der Waals surface area contributed by atoms with Crippen LogP contribution in [0.1, 0.15) is 38.2 Å². The Balaban J connectivity index is 0.00000225. The van der Waals surface area contributed by atoms with E-state index in [2.05, 4.69) is 17.2 Å². The van der Waals surface area contributed by atoms with E-state index in [1.807, 2.05) is 12.1 Å². The van der Waals surface area contributed by atoms with Crippen LogP contribution in [0.25, 0.3) is 0 Å². The van der Waals surface area contributed by atoms with Crippen LogP contribution in [0.2, 0.25) is 0 Å². The van der Waals surface area contributed by atoms with Gasteiger partial charge < -0.3 is 11.1 Å². The highest BCUT2D eigenvalue weighted by Crippen LogP contribution is 2.23. The quantitative estimate of drug-likeness (QED) is 0.386. The molecule has 0 aromatic heterocycles. The van der Waals surface area contributed by atoms with Crippen LogP contribution in [0.15, 0.2) is 34.2 Å². The van der Waals surface area contributed by atoms with Gasteiger partial charge >= 0.3 is 0 Å². The van der Waals surface area contributed by atoms with Gasteiger partial charge in [0.1, 0.15) is 0 Å². The molecule has 1 saturated heterocycles. The van der Waals surface area contributed by atoms with E-state index in [0.717, 1.165) is 31.2 Å². The maximum atomic E-state index is 12.7. The molecule has 1 unspecified atom stereocenters. The van der Waals surface area contributed by atoms with Crippen molar-refractivity contribution in [3.05, 3.63) is 29.8 Å². The molecule has 25 heavy (non-hydrogen) atoms. The van der Waals surface area contributed by atoms with E-state index in [-0.39, 0.29) is 24.0 Å². The van der Waals surface area contributed by atoms with Crippen molar-refractivity contribution in [3.63, 3.8) is 0 Å². The fourth-order valence-electron chi connectivity index (χ4n) is 2.94. The van der Waals surface area contributed by atoms with Gasteiger partial charge in [0.2, 0.25) is 10.0 Å². The topological polar surface area (TPSA) is 87.8 Å². The van der Waals surface area contributed by atoms with Gasteiger partial charge in [0.25, 0.3) is 0 Å². The number of sulfonamides is 1. The number of rotatable bonds is 5. The first-order chi connectivity index (χ1) is 11.4. The Labute approximate surface area is 167 Å². The van der Waals surface area contributed by atoms with Gasteiger partial charge in [-0.3, -0.25) is 0 Å². The van der Waals surface area contributed by atoms with Crippen molar-refractivity contribution in [2.75, 3.05) is 13.1 Å². The average molecular weight is 478 g/mol. The lowest BCUT2D eigenvalue weighted by molar-refractivity contribution is 0.281. The molecular formula is C17H27IN4O2S. The van der Waals surface area contributed by atoms with E-state index in [4.69, 9.17) is 5.73 Å². The molecule has 1 aliphatic carbocycles. The molecule has 1 atom stereocenters. The Hall–Kier alpha value is -0.870. The number of aliphatic imine (C=N–C) groups is 1. The normalized spacial score (nSPS) is 22.3. The first-order valence-corrected chi connectivity index (χ1v) is 10.0. The van der Waals surface area contributed by atoms with Crippen molar-refractivity contribution in [2.24, 2.45) is 16.6 Å². The van der Waals surface area contributed by atoms with Gasteiger partial charge in [0.05, 0.1) is 11.4 Å². The van der Waals surface area contributed by atoms with Crippen LogP contribution >= 0.6 is 24.0 Å². The number of guanidine groups is 1. The molecule has 0 radical (unpaired) electrons. The maximum absolute atomic E-state index is 12.7. The monoisotopic (exact) mass is 478 g/mol. The largest absolute Gasteiger partial charge is 0.370 e. The van der Waals surface area contributed by atoms with E-state index in [0.29, 0.717) is 42.4 Å². The van der Waals surface area contributed by atoms with E-state index >= 15 is 0 Å². The summed E-state index contributed by atoms with van der Waals surface area (Å²) in [7, 11) is -3.39. The van der Waals surface area contributed by atoms with Crippen molar-refractivity contribution >= 4 is 40.0 Å². The molecule has 1 aromatic carbocycles. The molecule has 1 aliphatic heterocycles. The van der Waals surface area contributed by atoms with Crippen molar-refractivity contribution in [1.82, 2.24) is 9.62 Å². The summed E-state index contributed by atoms with van der Waals surface area (Å²) in [4.78, 5) is 4.64. The summed E-state index contributed by atoms with van der Waals surface area (Å²) in [6, 6.07) is 7.45. The Kier molecular flexibility index (Phi) is 7.10. The fraction of sp³-hybridized carbons (Fsp3) is 0.588. The Morgan fingerprint density at radius 1 is 1.28 bits per heavy atom. The van der Waals surface area contributed by atoms with Gasteiger partial charge in [0, 0.05) is 19.1 Å². The molecule has 0 spiro atoms. The molecule has 2 aliphatic rings. The van der Waals surface area contributed by atoms with Gasteiger partial charge in [0.15, 0.2) is 5.96 Å². The minimum atomic E-state index is -3.39. The zero-order valence-corrected chi connectivity index (χ0v) is 17.7. The molecule has 0 bridgehead atoms. The molecular weight excluding hydrogens is 451 g/mol. The minimum absolute atomic E-state index is 0. The molecule has 6 nitrogen and oxygen atoms in total. The molecule has 2 fully saturated rings. The number of halogens is 1. The second-order valence-electron chi connectivity index (χ2n) is 6.87. The van der Waals surface area contributed by atoms with E-state index < -0.39 is 10.0 Å². The van der Waals surface area contributed by atoms with Gasteiger partial charge in [-0.05, 0) is 49.3 Å². The summed E-state index contributed by atoms with van der Waals surface area (Å²) in [6.07, 6.45) is 4.33. The van der Waals surface area contributed by atoms with Gasteiger partial charge in [-0.15, -0.1) is 24.0 Å². The van der Waals surface area contributed by atoms with Gasteiger partial charge in [-0.1, -0.05) is 19.1 Å². The maximum Gasteiger partial charge on any atom is 0.243 e. The summed E-state index contributed by atoms with van der Waals surface area (Å²) in [5, 5.41) is 3.13. The van der Waals surface area contributed by atoms with E-state index in [9.17, 15) is 8.42 Å². The van der Waals surface area contributed by atoms with Crippen molar-refractivity contribution in [1.29, 1.82) is 0 Å². The number of hydrogen-bond acceptors (Lipinski definition) is 3. The highest BCUT2D eigenvalue weighted by atomic mass is 127. The second-order valence-corrected chi connectivity index (χ2v) is 8.81. The lowest BCUT2D eigenvalue weighted by atomic mass is 10.0. The summed E-state index contributed by atoms with van der Waals surface area (Å²) in [6.45, 7) is 3.77. The second kappa shape index (κ2) is 8.68. The van der Waals surface area contributed by atoms with Crippen LogP contribution in [0.4, 0.5) is 0 Å². The molecule has 0 amide bonds. The molecule has 1 saturated carbocycles. The smallest absolute Gasteiger partial charge is 0.243 e. The fourth-order valence-corrected chi connectivity index (χ4v) is 4.54. The third-order valence-corrected chi connectivity index (χ3v) is 6.42. The van der Waals surface area contributed by atoms with E-state index in [1.54, 1.807) is 16.4 Å². The third-order valence-electron chi connectivity index (χ3n) is 4.54. The highest BCUT2D eigenvalue weighted by Gasteiger charge is 2.28. The van der Waals surface area contributed by atoms with Crippen LogP contribution in [-0.2, 0) is 16.6 Å². The zero-order chi connectivity index (χ0) is 17.2. The van der Waals surface area contributed by atoms with E-state index in [1.165, 1.54) is 0 Å². The van der Waals surface area contributed by atoms with Crippen molar-refractivity contribution < 1.29 is 8.42 Å². The van der Waals surface area contributed by atoms with Crippen LogP contribution in [0.3, 0.4) is 0 Å². The highest BCUT2D eigenvalue weighted by molar-refractivity contribution is 14.0. The van der Waals surface area contributed by atoms with Crippen molar-refractivity contribution in [3.8, 4) is 0 Å². The molecule has 1 heterocycles. The summed E-state index contributed by atoms with van der Waals surface area (Å²) in [5.74, 6) is 0.876. The number of piperidine rings is 1. The number of hydrogen-bond donors (Lipinski definition) is 2. The minimum Gasteiger partial charge on any atom is -0.370 e. The first-order valence-electron chi connectivity index (χ1n) is 8.60. The van der Waals surface area contributed by atoms with Crippen LogP contribution in [0, 0.1) is 5.92 Å². The Bertz CT molecular complexity index is 702. The summed E-state index contributed by atoms with van der Waals surface area (Å²) >= 11 is 0. The predicted molar refractivity (Wildman–Crippen MR) is 110 cm³/mol. The van der Waals surface area contributed by atoms with Gasteiger partial charge in [-0.25, -0.2) is 13.4 Å². The Morgan fingerprint density at radius 2 is 1.96 bits per heavy atom. The molecule has 3 rings (SSSR count). The van der Waals surface area contributed by atoms with Crippen LogP contribution in [0.5, 0.6) is 0 Å². The number of benzene rings is 1. The molecule has 1 aromatic rings. The standard InChI is InChI=1S/C17H26N4O2S.HI/c1-13-3-2-10-21(12-13)24(22,23)16-8-4-14(5-9-16)11-19-17(18)20-15-6-7-15;/h4-5,8-9,13,15H,2-3,6-7,10-12H2,1H3,(H3,18,19,20);1H. The van der Waals surface area contributed by atoms with Gasteiger partial charge in [-0.2, -0.15) is 4.31 Å². The third kappa shape index (κ3) is 5.55. The number of nitrogens with zero attached hydrogens (tertiary/aromatic N) is 2. The summed E-state index contributed by atoms with van der Waals surface area (Å²) < 4.78 is 27.0. The zero-order valence-electron chi connectivity index (χ0n) is 14.5. The van der Waals surface area contributed by atoms with Crippen LogP contribution in [-0.4, -0.2) is 37.8 Å². The SMILES string of the molecule is CC1CCCN(S(=O)(=O)c2ccc(CN=C(N)NC3CC3)cc2)C1.I. The first kappa shape index (κ1) is 20.4. The molecule has 8 heteroatoms. The average Bonchev–Trinajstić information content (AvgIpc) is 3.37.